The van der Waals surface area contributed by atoms with Crippen LogP contribution >= 0.6 is 15.9 Å². The van der Waals surface area contributed by atoms with Crippen molar-refractivity contribution in [2.24, 2.45) is 0 Å². The number of carbonyl (C=O) groups is 1. The largest absolute Gasteiger partial charge is 0.352 e. The number of aromatic nitrogens is 3. The Bertz CT molecular complexity index is 1280. The molecular weight excluding hydrogens is 482 g/mol. The van der Waals surface area contributed by atoms with Crippen LogP contribution in [0.15, 0.2) is 63.6 Å². The highest BCUT2D eigenvalue weighted by Gasteiger charge is 2.27. The molecule has 8 heteroatoms. The molecule has 5 rings (SSSR count). The average molecular weight is 506 g/mol. The SMILES string of the molecule is CCCc1nc(N2CCN(C(=O)c3cccc(Br)c3)CC2)c2c(-c3ccccc3)noc2n1. The molecule has 0 spiro atoms. The molecule has 1 amide bonds. The van der Waals surface area contributed by atoms with E-state index in [0.717, 1.165) is 45.6 Å². The van der Waals surface area contributed by atoms with Crippen molar-refractivity contribution in [2.75, 3.05) is 31.1 Å². The quantitative estimate of drug-likeness (QED) is 0.381. The molecule has 2 aromatic carbocycles. The smallest absolute Gasteiger partial charge is 0.263 e. The zero-order valence-corrected chi connectivity index (χ0v) is 20.0. The lowest BCUT2D eigenvalue weighted by molar-refractivity contribution is 0.0746. The third-order valence-electron chi connectivity index (χ3n) is 5.82. The second kappa shape index (κ2) is 9.31. The molecule has 0 saturated carbocycles. The number of anilines is 1. The summed E-state index contributed by atoms with van der Waals surface area (Å²) in [6.07, 6.45) is 1.71. The van der Waals surface area contributed by atoms with Gasteiger partial charge in [0, 0.05) is 48.2 Å². The van der Waals surface area contributed by atoms with Crippen LogP contribution in [0.4, 0.5) is 5.82 Å². The Labute approximate surface area is 200 Å². The van der Waals surface area contributed by atoms with Crippen molar-refractivity contribution in [3.05, 3.63) is 70.5 Å². The van der Waals surface area contributed by atoms with Crippen LogP contribution in [0, 0.1) is 0 Å². The van der Waals surface area contributed by atoms with Gasteiger partial charge in [0.2, 0.25) is 0 Å². The molecule has 2 aromatic heterocycles. The van der Waals surface area contributed by atoms with Crippen LogP contribution in [0.2, 0.25) is 0 Å². The predicted molar refractivity (Wildman–Crippen MR) is 131 cm³/mol. The summed E-state index contributed by atoms with van der Waals surface area (Å²) in [6.45, 7) is 4.70. The molecular formula is C25H24BrN5O2. The Hall–Kier alpha value is -3.26. The maximum atomic E-state index is 13.0. The van der Waals surface area contributed by atoms with Crippen molar-refractivity contribution < 1.29 is 9.32 Å². The molecule has 1 aliphatic heterocycles. The van der Waals surface area contributed by atoms with Crippen LogP contribution in [0.5, 0.6) is 0 Å². The van der Waals surface area contributed by atoms with Gasteiger partial charge >= 0.3 is 0 Å². The molecule has 1 saturated heterocycles. The number of hydrogen-bond donors (Lipinski definition) is 0. The maximum Gasteiger partial charge on any atom is 0.263 e. The van der Waals surface area contributed by atoms with E-state index in [2.05, 4.69) is 37.9 Å². The second-order valence-corrected chi connectivity index (χ2v) is 9.00. The number of fused-ring (bicyclic) bond motifs is 1. The Morgan fingerprint density at radius 3 is 2.55 bits per heavy atom. The lowest BCUT2D eigenvalue weighted by Crippen LogP contribution is -2.49. The molecule has 0 radical (unpaired) electrons. The van der Waals surface area contributed by atoms with Gasteiger partial charge in [0.25, 0.3) is 11.6 Å². The Balaban J connectivity index is 1.45. The van der Waals surface area contributed by atoms with Crippen LogP contribution in [0.3, 0.4) is 0 Å². The molecule has 7 nitrogen and oxygen atoms in total. The molecule has 0 N–H and O–H groups in total. The van der Waals surface area contributed by atoms with Gasteiger partial charge in [0.05, 0.1) is 0 Å². The maximum absolute atomic E-state index is 13.0. The lowest BCUT2D eigenvalue weighted by Gasteiger charge is -2.35. The first-order chi connectivity index (χ1) is 16.1. The van der Waals surface area contributed by atoms with Gasteiger partial charge in [-0.3, -0.25) is 4.79 Å². The van der Waals surface area contributed by atoms with Crippen molar-refractivity contribution in [3.63, 3.8) is 0 Å². The third kappa shape index (κ3) is 4.35. The van der Waals surface area contributed by atoms with Gasteiger partial charge in [-0.1, -0.05) is 64.4 Å². The van der Waals surface area contributed by atoms with E-state index >= 15 is 0 Å². The summed E-state index contributed by atoms with van der Waals surface area (Å²) < 4.78 is 6.56. The van der Waals surface area contributed by atoms with Crippen LogP contribution in [0.25, 0.3) is 22.4 Å². The fourth-order valence-corrected chi connectivity index (χ4v) is 4.56. The van der Waals surface area contributed by atoms with Gasteiger partial charge in [-0.2, -0.15) is 4.98 Å². The van der Waals surface area contributed by atoms with Gasteiger partial charge in [-0.15, -0.1) is 0 Å². The molecule has 168 valence electrons. The minimum absolute atomic E-state index is 0.0467. The predicted octanol–water partition coefficient (Wildman–Crippen LogP) is 4.96. The van der Waals surface area contributed by atoms with Crippen molar-refractivity contribution in [3.8, 4) is 11.3 Å². The number of rotatable bonds is 5. The Kier molecular flexibility index (Phi) is 6.09. The normalized spacial score (nSPS) is 14.1. The van der Waals surface area contributed by atoms with Crippen LogP contribution in [-0.2, 0) is 6.42 Å². The van der Waals surface area contributed by atoms with Crippen LogP contribution < -0.4 is 4.90 Å². The summed E-state index contributed by atoms with van der Waals surface area (Å²) in [4.78, 5) is 26.6. The number of halogens is 1. The topological polar surface area (TPSA) is 75.4 Å². The van der Waals surface area contributed by atoms with E-state index in [0.29, 0.717) is 37.5 Å². The van der Waals surface area contributed by atoms with Gasteiger partial charge < -0.3 is 14.3 Å². The Morgan fingerprint density at radius 1 is 1.03 bits per heavy atom. The molecule has 33 heavy (non-hydrogen) atoms. The van der Waals surface area contributed by atoms with Gasteiger partial charge in [0.1, 0.15) is 22.7 Å². The van der Waals surface area contributed by atoms with E-state index < -0.39 is 0 Å². The van der Waals surface area contributed by atoms with Crippen LogP contribution in [-0.4, -0.2) is 52.1 Å². The molecule has 0 aliphatic carbocycles. The van der Waals surface area contributed by atoms with Gasteiger partial charge in [0.15, 0.2) is 0 Å². The molecule has 1 aliphatic rings. The highest BCUT2D eigenvalue weighted by atomic mass is 79.9. The minimum atomic E-state index is 0.0467. The fourth-order valence-electron chi connectivity index (χ4n) is 4.16. The van der Waals surface area contributed by atoms with E-state index in [9.17, 15) is 4.79 Å². The number of benzene rings is 2. The van der Waals surface area contributed by atoms with Crippen molar-refractivity contribution >= 4 is 38.8 Å². The highest BCUT2D eigenvalue weighted by Crippen LogP contribution is 2.34. The van der Waals surface area contributed by atoms with Crippen molar-refractivity contribution in [2.45, 2.75) is 19.8 Å². The zero-order chi connectivity index (χ0) is 22.8. The number of amides is 1. The summed E-state index contributed by atoms with van der Waals surface area (Å²) in [7, 11) is 0. The van der Waals surface area contributed by atoms with E-state index in [4.69, 9.17) is 9.51 Å². The zero-order valence-electron chi connectivity index (χ0n) is 18.4. The minimum Gasteiger partial charge on any atom is -0.352 e. The summed E-state index contributed by atoms with van der Waals surface area (Å²) in [5.74, 6) is 1.63. The monoisotopic (exact) mass is 505 g/mol. The molecule has 1 fully saturated rings. The Morgan fingerprint density at radius 2 is 1.82 bits per heavy atom. The molecule has 0 atom stereocenters. The van der Waals surface area contributed by atoms with Gasteiger partial charge in [-0.25, -0.2) is 4.98 Å². The molecule has 4 aromatic rings. The van der Waals surface area contributed by atoms with Crippen molar-refractivity contribution in [1.29, 1.82) is 0 Å². The summed E-state index contributed by atoms with van der Waals surface area (Å²) in [5, 5.41) is 5.17. The first-order valence-electron chi connectivity index (χ1n) is 11.2. The van der Waals surface area contributed by atoms with Crippen LogP contribution in [0.1, 0.15) is 29.5 Å². The molecule has 0 bridgehead atoms. The number of nitrogens with zero attached hydrogens (tertiary/aromatic N) is 5. The number of carbonyl (C=O) groups excluding carboxylic acids is 1. The third-order valence-corrected chi connectivity index (χ3v) is 6.32. The number of piperazine rings is 1. The van der Waals surface area contributed by atoms with Crippen molar-refractivity contribution in [1.82, 2.24) is 20.0 Å². The summed E-state index contributed by atoms with van der Waals surface area (Å²) >= 11 is 3.45. The second-order valence-electron chi connectivity index (χ2n) is 8.08. The standard InChI is InChI=1S/C25H24BrN5O2/c1-2-7-20-27-23(21-22(29-33-24(21)28-20)17-8-4-3-5-9-17)30-12-14-31(15-13-30)25(32)18-10-6-11-19(26)16-18/h3-6,8-11,16H,2,7,12-15H2,1H3. The highest BCUT2D eigenvalue weighted by molar-refractivity contribution is 9.10. The van der Waals surface area contributed by atoms with E-state index in [1.165, 1.54) is 0 Å². The first-order valence-corrected chi connectivity index (χ1v) is 11.9. The van der Waals surface area contributed by atoms with Gasteiger partial charge in [-0.05, 0) is 24.6 Å². The lowest BCUT2D eigenvalue weighted by atomic mass is 10.1. The first kappa shape index (κ1) is 21.6. The van der Waals surface area contributed by atoms with E-state index in [1.807, 2.05) is 59.5 Å². The average Bonchev–Trinajstić information content (AvgIpc) is 3.28. The summed E-state index contributed by atoms with van der Waals surface area (Å²) in [6, 6.07) is 17.5. The van der Waals surface area contributed by atoms with E-state index in [-0.39, 0.29) is 5.91 Å². The fraction of sp³-hybridized carbons (Fsp3) is 0.280. The molecule has 3 heterocycles. The summed E-state index contributed by atoms with van der Waals surface area (Å²) in [5.41, 5.74) is 2.91. The molecule has 0 unspecified atom stereocenters. The van der Waals surface area contributed by atoms with E-state index in [1.54, 1.807) is 0 Å². The number of hydrogen-bond acceptors (Lipinski definition) is 6. The number of aryl methyl sites for hydroxylation is 1.